The average molecular weight is 569 g/mol. The highest BCUT2D eigenvalue weighted by molar-refractivity contribution is 7.79. The summed E-state index contributed by atoms with van der Waals surface area (Å²) in [6.07, 6.45) is 9.38. The van der Waals surface area contributed by atoms with E-state index in [0.29, 0.717) is 42.6 Å². The minimum absolute atomic E-state index is 0.167. The molecule has 1 unspecified atom stereocenters. The smallest absolute Gasteiger partial charge is 0.224 e. The van der Waals surface area contributed by atoms with Crippen LogP contribution in [0.1, 0.15) is 17.5 Å². The lowest BCUT2D eigenvalue weighted by molar-refractivity contribution is 0.458. The minimum atomic E-state index is -2.00. The lowest BCUT2D eigenvalue weighted by Gasteiger charge is -2.13. The van der Waals surface area contributed by atoms with Gasteiger partial charge in [0.1, 0.15) is 30.5 Å². The maximum atomic E-state index is 10.7. The predicted octanol–water partition coefficient (Wildman–Crippen LogP) is 4.06. The number of anilines is 2. The second kappa shape index (κ2) is 11.8. The van der Waals surface area contributed by atoms with E-state index in [9.17, 15) is 8.76 Å². The van der Waals surface area contributed by atoms with Crippen LogP contribution in [0.25, 0.3) is 22.2 Å². The van der Waals surface area contributed by atoms with Crippen molar-refractivity contribution in [2.24, 2.45) is 0 Å². The highest BCUT2D eigenvalue weighted by Crippen LogP contribution is 2.30. The molecule has 0 aliphatic rings. The van der Waals surface area contributed by atoms with Gasteiger partial charge in [0.25, 0.3) is 0 Å². The summed E-state index contributed by atoms with van der Waals surface area (Å²) in [4.78, 5) is 13.3. The Balaban J connectivity index is 1.17. The first-order valence-corrected chi connectivity index (χ1v) is 14.2. The second-order valence-electron chi connectivity index (χ2n) is 9.42. The topological polar surface area (TPSA) is 147 Å². The highest BCUT2D eigenvalue weighted by atomic mass is 32.2. The van der Waals surface area contributed by atoms with Crippen LogP contribution in [0.2, 0.25) is 0 Å². The van der Waals surface area contributed by atoms with Crippen LogP contribution in [-0.2, 0) is 17.6 Å². The molecule has 0 aliphatic carbocycles. The molecule has 1 atom stereocenters. The maximum absolute atomic E-state index is 10.7. The third kappa shape index (κ3) is 6.22. The van der Waals surface area contributed by atoms with Crippen molar-refractivity contribution in [2.45, 2.75) is 19.9 Å². The van der Waals surface area contributed by atoms with E-state index in [-0.39, 0.29) is 5.75 Å². The van der Waals surface area contributed by atoms with Gasteiger partial charge in [-0.25, -0.2) is 15.0 Å². The molecular weight excluding hydrogens is 542 g/mol. The number of nitrogens with zero attached hydrogens (tertiary/aromatic N) is 7. The van der Waals surface area contributed by atoms with E-state index in [0.717, 1.165) is 33.4 Å². The van der Waals surface area contributed by atoms with Crippen LogP contribution >= 0.6 is 0 Å². The first-order chi connectivity index (χ1) is 20.0. The summed E-state index contributed by atoms with van der Waals surface area (Å²) >= 11 is -2.00. The summed E-state index contributed by atoms with van der Waals surface area (Å²) in [6.45, 7) is 3.27. The van der Waals surface area contributed by atoms with Crippen LogP contribution in [-0.4, -0.2) is 55.2 Å². The molecule has 12 nitrogen and oxygen atoms in total. The molecule has 0 amide bonds. The molecule has 41 heavy (non-hydrogen) atoms. The van der Waals surface area contributed by atoms with E-state index in [1.54, 1.807) is 29.4 Å². The molecule has 6 aromatic rings. The Hall–Kier alpha value is -4.72. The number of benzene rings is 2. The van der Waals surface area contributed by atoms with Crippen molar-refractivity contribution in [3.63, 3.8) is 0 Å². The summed E-state index contributed by atoms with van der Waals surface area (Å²) in [5.41, 5.74) is 5.33. The van der Waals surface area contributed by atoms with E-state index in [2.05, 4.69) is 48.0 Å². The molecule has 4 heterocycles. The molecule has 0 saturated heterocycles. The molecule has 4 aromatic heterocycles. The van der Waals surface area contributed by atoms with Crippen LogP contribution in [0.5, 0.6) is 11.6 Å². The standard InChI is InChI=1S/C28H27N9O3S/c1-19-11-21(3-6-25(19)40-27-13-26-35-33-18-37(26)17-32-27)34-28-23-12-22(4-5-24(23)30-16-31-28)36-9-7-20(15-36)14-29-8-2-10-41(38)39/h3-7,9,11-13,15-18,29H,2,8,10,14H2,1H3,(H,38,39)(H,30,31,34)/p-1. The van der Waals surface area contributed by atoms with Gasteiger partial charge in [0.2, 0.25) is 5.88 Å². The second-order valence-corrected chi connectivity index (χ2v) is 10.4. The van der Waals surface area contributed by atoms with Gasteiger partial charge >= 0.3 is 0 Å². The Kier molecular flexibility index (Phi) is 7.63. The molecule has 2 aromatic carbocycles. The van der Waals surface area contributed by atoms with Crippen molar-refractivity contribution in [1.29, 1.82) is 0 Å². The largest absolute Gasteiger partial charge is 0.772 e. The lowest BCUT2D eigenvalue weighted by Crippen LogP contribution is -2.16. The Morgan fingerprint density at radius 3 is 2.85 bits per heavy atom. The van der Waals surface area contributed by atoms with Crippen LogP contribution in [0.15, 0.2) is 79.9 Å². The molecule has 0 aliphatic heterocycles. The quantitative estimate of drug-likeness (QED) is 0.173. The Morgan fingerprint density at radius 2 is 1.98 bits per heavy atom. The van der Waals surface area contributed by atoms with Crippen molar-refractivity contribution >= 4 is 39.1 Å². The Labute approximate surface area is 237 Å². The minimum Gasteiger partial charge on any atom is -0.772 e. The van der Waals surface area contributed by atoms with Crippen LogP contribution in [0, 0.1) is 6.92 Å². The Morgan fingerprint density at radius 1 is 1.05 bits per heavy atom. The van der Waals surface area contributed by atoms with Crippen molar-refractivity contribution in [1.82, 2.24) is 39.4 Å². The molecule has 0 saturated carbocycles. The predicted molar refractivity (Wildman–Crippen MR) is 154 cm³/mol. The third-order valence-electron chi connectivity index (χ3n) is 6.48. The molecule has 6 rings (SSSR count). The van der Waals surface area contributed by atoms with Gasteiger partial charge in [-0.15, -0.1) is 10.2 Å². The molecular formula is C28H26N9O3S-. The Bertz CT molecular complexity index is 1850. The summed E-state index contributed by atoms with van der Waals surface area (Å²) in [6, 6.07) is 15.6. The SMILES string of the molecule is Cc1cc(Nc2ncnc3ccc(-n4ccc(CNCCCS(=O)[O-])c4)cc23)ccc1Oc1cc2nncn2cn1. The van der Waals surface area contributed by atoms with E-state index in [1.165, 1.54) is 0 Å². The zero-order valence-electron chi connectivity index (χ0n) is 22.1. The van der Waals surface area contributed by atoms with Gasteiger partial charge in [-0.1, -0.05) is 11.1 Å². The fourth-order valence-electron chi connectivity index (χ4n) is 4.42. The van der Waals surface area contributed by atoms with E-state index < -0.39 is 11.1 Å². The van der Waals surface area contributed by atoms with Gasteiger partial charge in [0, 0.05) is 47.5 Å². The first kappa shape index (κ1) is 26.5. The van der Waals surface area contributed by atoms with Crippen molar-refractivity contribution in [3.8, 4) is 17.3 Å². The average Bonchev–Trinajstić information content (AvgIpc) is 3.64. The van der Waals surface area contributed by atoms with Crippen molar-refractivity contribution in [2.75, 3.05) is 17.6 Å². The zero-order valence-corrected chi connectivity index (χ0v) is 22.9. The van der Waals surface area contributed by atoms with Crippen molar-refractivity contribution < 1.29 is 13.5 Å². The van der Waals surface area contributed by atoms with Crippen LogP contribution in [0.4, 0.5) is 11.5 Å². The van der Waals surface area contributed by atoms with Crippen LogP contribution < -0.4 is 15.4 Å². The number of nitrogens with one attached hydrogen (secondary N) is 2. The van der Waals surface area contributed by atoms with E-state index in [1.807, 2.05) is 54.1 Å². The summed E-state index contributed by atoms with van der Waals surface area (Å²) in [7, 11) is 0. The monoisotopic (exact) mass is 568 g/mol. The number of hydrogen-bond donors (Lipinski definition) is 2. The van der Waals surface area contributed by atoms with Gasteiger partial charge < -0.3 is 24.5 Å². The molecule has 0 bridgehead atoms. The van der Waals surface area contributed by atoms with Gasteiger partial charge in [-0.05, 0) is 73.5 Å². The fourth-order valence-corrected chi connectivity index (χ4v) is 4.80. The van der Waals surface area contributed by atoms with Crippen molar-refractivity contribution in [3.05, 3.63) is 91.0 Å². The highest BCUT2D eigenvalue weighted by Gasteiger charge is 2.10. The molecule has 2 N–H and O–H groups in total. The number of fused-ring (bicyclic) bond motifs is 2. The molecule has 0 radical (unpaired) electrons. The van der Waals surface area contributed by atoms with E-state index in [4.69, 9.17) is 4.74 Å². The van der Waals surface area contributed by atoms with Gasteiger partial charge in [-0.2, -0.15) is 0 Å². The lowest BCUT2D eigenvalue weighted by atomic mass is 10.1. The fraction of sp³-hybridized carbons (Fsp3) is 0.179. The maximum Gasteiger partial charge on any atom is 0.224 e. The first-order valence-electron chi connectivity index (χ1n) is 12.9. The zero-order chi connectivity index (χ0) is 28.2. The van der Waals surface area contributed by atoms with E-state index >= 15 is 0 Å². The molecule has 13 heteroatoms. The number of rotatable bonds is 11. The molecule has 0 spiro atoms. The molecule has 208 valence electrons. The summed E-state index contributed by atoms with van der Waals surface area (Å²) < 4.78 is 31.1. The van der Waals surface area contributed by atoms with Gasteiger partial charge in [0.05, 0.1) is 5.52 Å². The normalized spacial score (nSPS) is 12.1. The number of ether oxygens (including phenoxy) is 1. The number of aromatic nitrogens is 7. The number of hydrogen-bond acceptors (Lipinski definition) is 10. The van der Waals surface area contributed by atoms with Gasteiger partial charge in [0.15, 0.2) is 5.65 Å². The summed E-state index contributed by atoms with van der Waals surface area (Å²) in [5.74, 6) is 1.97. The molecule has 0 fully saturated rings. The van der Waals surface area contributed by atoms with Crippen LogP contribution in [0.3, 0.4) is 0 Å². The number of aryl methyl sites for hydroxylation is 1. The van der Waals surface area contributed by atoms with Gasteiger partial charge in [-0.3, -0.25) is 8.61 Å². The summed E-state index contributed by atoms with van der Waals surface area (Å²) in [5, 5.41) is 15.5. The third-order valence-corrected chi connectivity index (χ3v) is 7.10.